The molecule has 0 spiro atoms. The van der Waals surface area contributed by atoms with Crippen LogP contribution in [0.1, 0.15) is 47.8 Å². The molecule has 166 valence electrons. The number of fused-ring (bicyclic) bond motifs is 5. The van der Waals surface area contributed by atoms with E-state index in [-0.39, 0.29) is 5.91 Å². The molecule has 0 saturated carbocycles. The lowest BCUT2D eigenvalue weighted by Gasteiger charge is -2.55. The summed E-state index contributed by atoms with van der Waals surface area (Å²) in [6.07, 6.45) is 8.47. The SMILES string of the molecule is COc1ccc([C@H]2CCC[C@H]3[C@@H]4C[C@@H](CN(C(=O)c5cc6ncccn6n5)C4)CN23)cc1. The van der Waals surface area contributed by atoms with Gasteiger partial charge >= 0.3 is 0 Å². The highest BCUT2D eigenvalue weighted by molar-refractivity contribution is 5.93. The van der Waals surface area contributed by atoms with Crippen LogP contribution in [0.4, 0.5) is 0 Å². The molecule has 1 aromatic carbocycles. The standard InChI is InChI=1S/C25H29N5O2/c1-32-20-8-6-18(7-9-20)22-4-2-5-23-19-12-17(15-29(22)23)14-28(16-19)25(31)21-13-24-26-10-3-11-30(24)27-21/h3,6-11,13,17,19,22-23H,2,4-5,12,14-16H2,1H3/t17-,19+,22+,23-/m0/s1. The molecule has 4 atom stereocenters. The zero-order valence-electron chi connectivity index (χ0n) is 18.4. The van der Waals surface area contributed by atoms with E-state index in [1.807, 2.05) is 12.3 Å². The van der Waals surface area contributed by atoms with Crippen LogP contribution >= 0.6 is 0 Å². The Morgan fingerprint density at radius 2 is 2.00 bits per heavy atom. The van der Waals surface area contributed by atoms with Crippen molar-refractivity contribution in [3.8, 4) is 5.75 Å². The molecule has 7 nitrogen and oxygen atoms in total. The predicted molar refractivity (Wildman–Crippen MR) is 121 cm³/mol. The zero-order chi connectivity index (χ0) is 21.7. The van der Waals surface area contributed by atoms with E-state index in [9.17, 15) is 4.79 Å². The fourth-order valence-electron chi connectivity index (χ4n) is 6.25. The van der Waals surface area contributed by atoms with Gasteiger partial charge in [0.1, 0.15) is 5.75 Å². The maximum absolute atomic E-state index is 13.3. The van der Waals surface area contributed by atoms with Crippen molar-refractivity contribution < 1.29 is 9.53 Å². The first-order valence-electron chi connectivity index (χ1n) is 11.7. The van der Waals surface area contributed by atoms with Crippen LogP contribution in [0.5, 0.6) is 5.75 Å². The number of piperidine rings is 3. The van der Waals surface area contributed by atoms with Gasteiger partial charge in [-0.1, -0.05) is 12.1 Å². The van der Waals surface area contributed by atoms with Gasteiger partial charge in [0.15, 0.2) is 11.3 Å². The van der Waals surface area contributed by atoms with E-state index < -0.39 is 0 Å². The second-order valence-corrected chi connectivity index (χ2v) is 9.51. The minimum Gasteiger partial charge on any atom is -0.497 e. The van der Waals surface area contributed by atoms with Crippen molar-refractivity contribution in [1.29, 1.82) is 0 Å². The van der Waals surface area contributed by atoms with E-state index in [0.717, 1.165) is 25.4 Å². The molecule has 0 aliphatic carbocycles. The Kier molecular flexibility index (Phi) is 4.86. The fraction of sp³-hybridized carbons (Fsp3) is 0.480. The van der Waals surface area contributed by atoms with Gasteiger partial charge in [0.25, 0.3) is 5.91 Å². The van der Waals surface area contributed by atoms with Crippen molar-refractivity contribution in [3.63, 3.8) is 0 Å². The fourth-order valence-corrected chi connectivity index (χ4v) is 6.25. The van der Waals surface area contributed by atoms with E-state index in [1.54, 1.807) is 23.9 Å². The van der Waals surface area contributed by atoms with Crippen molar-refractivity contribution in [2.75, 3.05) is 26.7 Å². The van der Waals surface area contributed by atoms with Crippen LogP contribution in [0.25, 0.3) is 5.65 Å². The van der Waals surface area contributed by atoms with Crippen molar-refractivity contribution in [1.82, 2.24) is 24.4 Å². The molecule has 2 bridgehead atoms. The summed E-state index contributed by atoms with van der Waals surface area (Å²) in [7, 11) is 1.72. The summed E-state index contributed by atoms with van der Waals surface area (Å²) in [6.45, 7) is 2.71. The molecule has 0 radical (unpaired) electrons. The number of nitrogens with zero attached hydrogens (tertiary/aromatic N) is 5. The van der Waals surface area contributed by atoms with Crippen molar-refractivity contribution in [3.05, 3.63) is 60.0 Å². The van der Waals surface area contributed by atoms with Gasteiger partial charge < -0.3 is 9.64 Å². The third kappa shape index (κ3) is 3.35. The third-order valence-electron chi connectivity index (χ3n) is 7.63. The maximum Gasteiger partial charge on any atom is 0.274 e. The summed E-state index contributed by atoms with van der Waals surface area (Å²) in [5.74, 6) is 2.00. The third-order valence-corrected chi connectivity index (χ3v) is 7.63. The van der Waals surface area contributed by atoms with E-state index in [2.05, 4.69) is 44.1 Å². The lowest BCUT2D eigenvalue weighted by atomic mass is 9.74. The van der Waals surface area contributed by atoms with Crippen molar-refractivity contribution in [2.24, 2.45) is 11.8 Å². The van der Waals surface area contributed by atoms with Crippen LogP contribution in [0, 0.1) is 11.8 Å². The molecule has 1 amide bonds. The molecule has 3 aliphatic heterocycles. The Bertz CT molecular complexity index is 1090. The zero-order valence-corrected chi connectivity index (χ0v) is 18.4. The van der Waals surface area contributed by atoms with Gasteiger partial charge in [-0.3, -0.25) is 9.69 Å². The van der Waals surface area contributed by atoms with Crippen LogP contribution in [0.15, 0.2) is 48.8 Å². The Labute approximate surface area is 188 Å². The van der Waals surface area contributed by atoms with Crippen LogP contribution in [-0.4, -0.2) is 63.1 Å². The highest BCUT2D eigenvalue weighted by atomic mass is 16.5. The number of likely N-dealkylation sites (tertiary alicyclic amines) is 1. The summed E-state index contributed by atoms with van der Waals surface area (Å²) in [5, 5.41) is 4.47. The van der Waals surface area contributed by atoms with E-state index >= 15 is 0 Å². The molecule has 0 N–H and O–H groups in total. The molecule has 32 heavy (non-hydrogen) atoms. The van der Waals surface area contributed by atoms with Crippen LogP contribution < -0.4 is 4.74 Å². The number of aromatic nitrogens is 3. The lowest BCUT2D eigenvalue weighted by Crippen LogP contribution is -2.60. The molecule has 3 saturated heterocycles. The molecule has 0 unspecified atom stereocenters. The average Bonchev–Trinajstić information content (AvgIpc) is 3.27. The topological polar surface area (TPSA) is 63.0 Å². The molecule has 5 heterocycles. The summed E-state index contributed by atoms with van der Waals surface area (Å²) in [6, 6.07) is 13.3. The molecule has 3 aromatic rings. The van der Waals surface area contributed by atoms with Gasteiger partial charge in [-0.15, -0.1) is 0 Å². The summed E-state index contributed by atoms with van der Waals surface area (Å²) in [4.78, 5) is 22.4. The van der Waals surface area contributed by atoms with Crippen LogP contribution in [-0.2, 0) is 0 Å². The van der Waals surface area contributed by atoms with E-state index in [4.69, 9.17) is 4.74 Å². The van der Waals surface area contributed by atoms with Crippen molar-refractivity contribution >= 4 is 11.6 Å². The molecule has 6 rings (SSSR count). The van der Waals surface area contributed by atoms with Gasteiger partial charge in [-0.25, -0.2) is 9.50 Å². The van der Waals surface area contributed by atoms with Gasteiger partial charge in [-0.05, 0) is 61.3 Å². The number of hydrogen-bond acceptors (Lipinski definition) is 5. The van der Waals surface area contributed by atoms with Crippen LogP contribution in [0.2, 0.25) is 0 Å². The quantitative estimate of drug-likeness (QED) is 0.636. The number of ether oxygens (including phenoxy) is 1. The number of hydrogen-bond donors (Lipinski definition) is 0. The molecule has 2 aromatic heterocycles. The summed E-state index contributed by atoms with van der Waals surface area (Å²) < 4.78 is 7.03. The Morgan fingerprint density at radius 3 is 2.81 bits per heavy atom. The van der Waals surface area contributed by atoms with Gasteiger partial charge in [0.05, 0.1) is 7.11 Å². The minimum absolute atomic E-state index is 0.0427. The highest BCUT2D eigenvalue weighted by Crippen LogP contribution is 2.44. The Hall–Kier alpha value is -2.93. The second-order valence-electron chi connectivity index (χ2n) is 9.51. The number of benzene rings is 1. The second kappa shape index (κ2) is 7.89. The molecule has 7 heteroatoms. The minimum atomic E-state index is 0.0427. The largest absolute Gasteiger partial charge is 0.497 e. The first-order chi connectivity index (χ1) is 15.7. The number of rotatable bonds is 3. The number of methoxy groups -OCH3 is 1. The number of carbonyl (C=O) groups excluding carboxylic acids is 1. The summed E-state index contributed by atoms with van der Waals surface area (Å²) in [5.41, 5.74) is 2.61. The highest BCUT2D eigenvalue weighted by Gasteiger charge is 2.46. The smallest absolute Gasteiger partial charge is 0.274 e. The molecule has 3 fully saturated rings. The predicted octanol–water partition coefficient (Wildman–Crippen LogP) is 3.43. The van der Waals surface area contributed by atoms with Gasteiger partial charge in [-0.2, -0.15) is 5.10 Å². The summed E-state index contributed by atoms with van der Waals surface area (Å²) >= 11 is 0. The maximum atomic E-state index is 13.3. The number of amides is 1. The van der Waals surface area contributed by atoms with Crippen LogP contribution in [0.3, 0.4) is 0 Å². The first-order valence-corrected chi connectivity index (χ1v) is 11.7. The lowest BCUT2D eigenvalue weighted by molar-refractivity contribution is -0.0512. The van der Waals surface area contributed by atoms with Gasteiger partial charge in [0.2, 0.25) is 0 Å². The molecular formula is C25H29N5O2. The Balaban J connectivity index is 1.21. The molecular weight excluding hydrogens is 402 g/mol. The average molecular weight is 432 g/mol. The normalized spacial score (nSPS) is 27.8. The van der Waals surface area contributed by atoms with Crippen molar-refractivity contribution in [2.45, 2.75) is 37.8 Å². The monoisotopic (exact) mass is 431 g/mol. The number of carbonyl (C=O) groups is 1. The van der Waals surface area contributed by atoms with Gasteiger partial charge in [0, 0.05) is 50.2 Å². The first kappa shape index (κ1) is 19.7. The Morgan fingerprint density at radius 1 is 1.12 bits per heavy atom. The van der Waals surface area contributed by atoms with E-state index in [1.165, 1.54) is 31.2 Å². The van der Waals surface area contributed by atoms with E-state index in [0.29, 0.717) is 35.3 Å². The molecule has 3 aliphatic rings.